The highest BCUT2D eigenvalue weighted by atomic mass is 35.5. The second-order valence-corrected chi connectivity index (χ2v) is 7.38. The third-order valence-electron chi connectivity index (χ3n) is 4.65. The van der Waals surface area contributed by atoms with Crippen molar-refractivity contribution in [2.45, 2.75) is 6.61 Å². The summed E-state index contributed by atoms with van der Waals surface area (Å²) in [6, 6.07) is 22.6. The Morgan fingerprint density at radius 1 is 0.938 bits per heavy atom. The van der Waals surface area contributed by atoms with E-state index in [1.807, 2.05) is 66.7 Å². The van der Waals surface area contributed by atoms with Crippen LogP contribution in [0.25, 0.3) is 12.2 Å². The van der Waals surface area contributed by atoms with Crippen LogP contribution in [0.15, 0.2) is 89.6 Å². The first-order valence-corrected chi connectivity index (χ1v) is 10.3. The maximum absolute atomic E-state index is 12.2. The normalized spacial score (nSPS) is 14.5. The summed E-state index contributed by atoms with van der Waals surface area (Å²) in [6.07, 6.45) is 5.16. The van der Waals surface area contributed by atoms with Gasteiger partial charge >= 0.3 is 5.97 Å². The molecule has 0 spiro atoms. The van der Waals surface area contributed by atoms with Crippen LogP contribution in [-0.2, 0) is 16.1 Å². The molecular weight excluding hydrogens is 426 g/mol. The van der Waals surface area contributed by atoms with Gasteiger partial charge in [0.2, 0.25) is 5.90 Å². The molecule has 0 radical (unpaired) electrons. The van der Waals surface area contributed by atoms with E-state index < -0.39 is 5.97 Å². The van der Waals surface area contributed by atoms with Crippen molar-refractivity contribution in [3.05, 3.63) is 106 Å². The molecule has 160 valence electrons. The Morgan fingerprint density at radius 3 is 2.47 bits per heavy atom. The Bertz CT molecular complexity index is 1200. The lowest BCUT2D eigenvalue weighted by Crippen LogP contribution is -2.01. The summed E-state index contributed by atoms with van der Waals surface area (Å²) in [5, 5.41) is 0.676. The van der Waals surface area contributed by atoms with E-state index in [0.29, 0.717) is 23.1 Å². The third kappa shape index (κ3) is 5.45. The first kappa shape index (κ1) is 21.4. The van der Waals surface area contributed by atoms with Gasteiger partial charge in [-0.05, 0) is 53.1 Å². The summed E-state index contributed by atoms with van der Waals surface area (Å²) in [5.74, 6) is 0.890. The Morgan fingerprint density at radius 2 is 1.72 bits per heavy atom. The number of cyclic esters (lactones) is 1. The molecule has 0 fully saturated rings. The molecule has 0 unspecified atom stereocenters. The van der Waals surface area contributed by atoms with Crippen molar-refractivity contribution in [2.24, 2.45) is 4.99 Å². The number of benzene rings is 3. The molecule has 1 aliphatic heterocycles. The average molecular weight is 446 g/mol. The number of esters is 1. The summed E-state index contributed by atoms with van der Waals surface area (Å²) in [7, 11) is 1.57. The van der Waals surface area contributed by atoms with Crippen LogP contribution in [0.2, 0.25) is 5.02 Å². The van der Waals surface area contributed by atoms with E-state index in [0.717, 1.165) is 16.7 Å². The molecule has 4 rings (SSSR count). The van der Waals surface area contributed by atoms with E-state index in [2.05, 4.69) is 4.99 Å². The van der Waals surface area contributed by atoms with E-state index in [1.54, 1.807) is 31.4 Å². The topological polar surface area (TPSA) is 57.1 Å². The summed E-state index contributed by atoms with van der Waals surface area (Å²) in [6.45, 7) is 0.377. The fourth-order valence-corrected chi connectivity index (χ4v) is 3.15. The lowest BCUT2D eigenvalue weighted by molar-refractivity contribution is -0.129. The van der Waals surface area contributed by atoms with Crippen LogP contribution in [0, 0.1) is 0 Å². The minimum Gasteiger partial charge on any atom is -0.493 e. The van der Waals surface area contributed by atoms with Gasteiger partial charge in [-0.2, -0.15) is 0 Å². The average Bonchev–Trinajstić information content (AvgIpc) is 3.17. The molecule has 0 aliphatic carbocycles. The monoisotopic (exact) mass is 445 g/mol. The zero-order valence-corrected chi connectivity index (χ0v) is 18.1. The minimum absolute atomic E-state index is 0.217. The van der Waals surface area contributed by atoms with Crippen molar-refractivity contribution in [2.75, 3.05) is 7.11 Å². The number of hydrogen-bond donors (Lipinski definition) is 0. The Kier molecular flexibility index (Phi) is 6.68. The van der Waals surface area contributed by atoms with E-state index in [9.17, 15) is 4.79 Å². The van der Waals surface area contributed by atoms with E-state index >= 15 is 0 Å². The number of methoxy groups -OCH3 is 1. The van der Waals surface area contributed by atoms with Crippen molar-refractivity contribution >= 4 is 35.6 Å². The van der Waals surface area contributed by atoms with Crippen LogP contribution in [-0.4, -0.2) is 19.0 Å². The third-order valence-corrected chi connectivity index (χ3v) is 4.91. The number of carbonyl (C=O) groups is 1. The van der Waals surface area contributed by atoms with Gasteiger partial charge in [0.15, 0.2) is 17.2 Å². The van der Waals surface area contributed by atoms with Crippen molar-refractivity contribution in [1.29, 1.82) is 0 Å². The fraction of sp³-hybridized carbons (Fsp3) is 0.0769. The largest absolute Gasteiger partial charge is 0.493 e. The number of ether oxygens (including phenoxy) is 3. The maximum Gasteiger partial charge on any atom is 0.363 e. The molecule has 1 aliphatic rings. The summed E-state index contributed by atoms with van der Waals surface area (Å²) in [5.41, 5.74) is 2.93. The van der Waals surface area contributed by atoms with E-state index in [4.69, 9.17) is 25.8 Å². The standard InChI is InChI=1S/C26H20ClNO4/c1-30-24-16-20(9-13-23(24)31-17-19-7-11-21(27)12-8-19)15-22-26(29)32-25(28-22)14-10-18-5-3-2-4-6-18/h2-16H,17H2,1H3/b14-10+,22-15+. The lowest BCUT2D eigenvalue weighted by atomic mass is 10.1. The molecule has 0 N–H and O–H groups in total. The van der Waals surface area contributed by atoms with Crippen molar-refractivity contribution in [3.8, 4) is 11.5 Å². The molecule has 3 aromatic carbocycles. The molecule has 0 amide bonds. The fourth-order valence-electron chi connectivity index (χ4n) is 3.02. The second kappa shape index (κ2) is 9.98. The van der Waals surface area contributed by atoms with Gasteiger partial charge in [0.05, 0.1) is 7.11 Å². The second-order valence-electron chi connectivity index (χ2n) is 6.94. The molecule has 6 heteroatoms. The number of carbonyl (C=O) groups excluding carboxylic acids is 1. The Hall–Kier alpha value is -3.83. The maximum atomic E-state index is 12.2. The zero-order chi connectivity index (χ0) is 22.3. The van der Waals surface area contributed by atoms with Crippen LogP contribution < -0.4 is 9.47 Å². The number of nitrogens with zero attached hydrogens (tertiary/aromatic N) is 1. The molecule has 0 bridgehead atoms. The zero-order valence-electron chi connectivity index (χ0n) is 17.3. The summed E-state index contributed by atoms with van der Waals surface area (Å²) >= 11 is 5.92. The van der Waals surface area contributed by atoms with Gasteiger partial charge in [0, 0.05) is 11.1 Å². The van der Waals surface area contributed by atoms with Gasteiger partial charge in [0.25, 0.3) is 0 Å². The molecule has 5 nitrogen and oxygen atoms in total. The van der Waals surface area contributed by atoms with Crippen LogP contribution in [0.4, 0.5) is 0 Å². The smallest absolute Gasteiger partial charge is 0.363 e. The van der Waals surface area contributed by atoms with Crippen LogP contribution >= 0.6 is 11.6 Å². The summed E-state index contributed by atoms with van der Waals surface area (Å²) < 4.78 is 16.6. The molecule has 3 aromatic rings. The summed E-state index contributed by atoms with van der Waals surface area (Å²) in [4.78, 5) is 16.5. The predicted molar refractivity (Wildman–Crippen MR) is 126 cm³/mol. The first-order chi connectivity index (χ1) is 15.6. The van der Waals surface area contributed by atoms with E-state index in [-0.39, 0.29) is 11.6 Å². The lowest BCUT2D eigenvalue weighted by Gasteiger charge is -2.11. The van der Waals surface area contributed by atoms with Gasteiger partial charge in [0.1, 0.15) is 6.61 Å². The molecule has 0 saturated carbocycles. The van der Waals surface area contributed by atoms with Gasteiger partial charge in [-0.25, -0.2) is 9.79 Å². The van der Waals surface area contributed by atoms with Crippen molar-refractivity contribution in [1.82, 2.24) is 0 Å². The number of halogens is 1. The quantitative estimate of drug-likeness (QED) is 0.333. The molecule has 1 heterocycles. The first-order valence-electron chi connectivity index (χ1n) is 9.92. The van der Waals surface area contributed by atoms with Gasteiger partial charge in [-0.3, -0.25) is 0 Å². The van der Waals surface area contributed by atoms with Gasteiger partial charge in [-0.15, -0.1) is 0 Å². The van der Waals surface area contributed by atoms with Gasteiger partial charge in [-0.1, -0.05) is 60.1 Å². The van der Waals surface area contributed by atoms with Crippen LogP contribution in [0.3, 0.4) is 0 Å². The molecule has 32 heavy (non-hydrogen) atoms. The SMILES string of the molecule is COc1cc(/C=C2N=C(/C=C/c3ccccc3)OC/2=O)ccc1OCc1ccc(Cl)cc1. The number of aliphatic imine (C=N–C) groups is 1. The minimum atomic E-state index is -0.500. The Labute approximate surface area is 191 Å². The number of rotatable bonds is 7. The highest BCUT2D eigenvalue weighted by molar-refractivity contribution is 6.30. The molecule has 0 atom stereocenters. The molecular formula is C26H20ClNO4. The molecule has 0 aromatic heterocycles. The van der Waals surface area contributed by atoms with Gasteiger partial charge < -0.3 is 14.2 Å². The number of hydrogen-bond acceptors (Lipinski definition) is 5. The molecule has 0 saturated heterocycles. The van der Waals surface area contributed by atoms with Crippen molar-refractivity contribution < 1.29 is 19.0 Å². The van der Waals surface area contributed by atoms with E-state index in [1.165, 1.54) is 0 Å². The predicted octanol–water partition coefficient (Wildman–Crippen LogP) is 5.94. The highest BCUT2D eigenvalue weighted by Crippen LogP contribution is 2.30. The van der Waals surface area contributed by atoms with Crippen LogP contribution in [0.5, 0.6) is 11.5 Å². The highest BCUT2D eigenvalue weighted by Gasteiger charge is 2.21. The van der Waals surface area contributed by atoms with Crippen molar-refractivity contribution in [3.63, 3.8) is 0 Å². The van der Waals surface area contributed by atoms with Crippen LogP contribution in [0.1, 0.15) is 16.7 Å². The Balaban J connectivity index is 1.48.